The Morgan fingerprint density at radius 2 is 2.12 bits per heavy atom. The third kappa shape index (κ3) is 5.15. The second-order valence-electron chi connectivity index (χ2n) is 5.53. The standard InChI is InChI=1S/C17H22N6S.HI/c1-13-8-11-24-14(13)12-20-17(18-2)19-9-5-7-16-22-21-15-6-3-4-10-23(15)16;/h3-4,6,8,10-11H,5,7,9,12H2,1-2H3,(H2,18,19,20);1H. The van der Waals surface area contributed by atoms with Gasteiger partial charge in [0, 0.05) is 31.1 Å². The summed E-state index contributed by atoms with van der Waals surface area (Å²) in [7, 11) is 1.79. The highest BCUT2D eigenvalue weighted by Crippen LogP contribution is 2.14. The second kappa shape index (κ2) is 9.71. The van der Waals surface area contributed by atoms with E-state index in [0.717, 1.165) is 43.4 Å². The van der Waals surface area contributed by atoms with Crippen LogP contribution in [0.15, 0.2) is 40.8 Å². The van der Waals surface area contributed by atoms with Crippen LogP contribution in [0, 0.1) is 6.92 Å². The zero-order valence-corrected chi connectivity index (χ0v) is 17.5. The Morgan fingerprint density at radius 3 is 2.88 bits per heavy atom. The van der Waals surface area contributed by atoms with Gasteiger partial charge in [-0.1, -0.05) is 6.07 Å². The molecule has 0 unspecified atom stereocenters. The third-order valence-corrected chi connectivity index (χ3v) is 4.89. The van der Waals surface area contributed by atoms with Crippen molar-refractivity contribution in [2.75, 3.05) is 13.6 Å². The van der Waals surface area contributed by atoms with Gasteiger partial charge in [0.2, 0.25) is 0 Å². The number of nitrogens with zero attached hydrogens (tertiary/aromatic N) is 4. The van der Waals surface area contributed by atoms with Gasteiger partial charge in [-0.05, 0) is 42.5 Å². The number of rotatable bonds is 6. The number of aryl methyl sites for hydroxylation is 2. The molecule has 0 aliphatic heterocycles. The number of thiophene rings is 1. The first-order valence-corrected chi connectivity index (χ1v) is 8.92. The number of aliphatic imine (C=N–C) groups is 1. The van der Waals surface area contributed by atoms with E-state index < -0.39 is 0 Å². The molecular formula is C17H23IN6S. The molecule has 0 spiro atoms. The molecule has 25 heavy (non-hydrogen) atoms. The average Bonchev–Trinajstić information content (AvgIpc) is 3.21. The molecule has 0 saturated carbocycles. The number of halogens is 1. The van der Waals surface area contributed by atoms with E-state index in [1.807, 2.05) is 28.8 Å². The van der Waals surface area contributed by atoms with E-state index in [1.165, 1.54) is 10.4 Å². The maximum Gasteiger partial charge on any atom is 0.191 e. The molecule has 8 heteroatoms. The third-order valence-electron chi connectivity index (χ3n) is 3.86. The Balaban J connectivity index is 0.00000225. The van der Waals surface area contributed by atoms with Crippen LogP contribution in [-0.2, 0) is 13.0 Å². The normalized spacial score (nSPS) is 11.4. The Kier molecular flexibility index (Phi) is 7.63. The molecule has 0 fully saturated rings. The molecule has 0 atom stereocenters. The number of pyridine rings is 1. The Morgan fingerprint density at radius 1 is 1.24 bits per heavy atom. The first kappa shape index (κ1) is 19.6. The van der Waals surface area contributed by atoms with Crippen molar-refractivity contribution in [1.29, 1.82) is 0 Å². The molecule has 0 radical (unpaired) electrons. The van der Waals surface area contributed by atoms with E-state index in [-0.39, 0.29) is 24.0 Å². The fourth-order valence-corrected chi connectivity index (χ4v) is 3.33. The summed E-state index contributed by atoms with van der Waals surface area (Å²) in [5.41, 5.74) is 2.21. The van der Waals surface area contributed by atoms with E-state index in [9.17, 15) is 0 Å². The molecule has 2 N–H and O–H groups in total. The molecule has 3 aromatic rings. The van der Waals surface area contributed by atoms with Crippen LogP contribution in [0.4, 0.5) is 0 Å². The van der Waals surface area contributed by atoms with Crippen LogP contribution in [0.3, 0.4) is 0 Å². The van der Waals surface area contributed by atoms with Gasteiger partial charge in [0.05, 0.1) is 6.54 Å². The van der Waals surface area contributed by atoms with Crippen molar-refractivity contribution < 1.29 is 0 Å². The summed E-state index contributed by atoms with van der Waals surface area (Å²) in [5, 5.41) is 17.2. The van der Waals surface area contributed by atoms with Crippen LogP contribution >= 0.6 is 35.3 Å². The molecule has 3 heterocycles. The maximum atomic E-state index is 4.27. The van der Waals surface area contributed by atoms with Gasteiger partial charge in [-0.15, -0.1) is 45.5 Å². The molecule has 0 aliphatic rings. The highest BCUT2D eigenvalue weighted by atomic mass is 127. The zero-order valence-electron chi connectivity index (χ0n) is 14.4. The SMILES string of the molecule is CN=C(NCCCc1nnc2ccccn12)NCc1sccc1C.I. The van der Waals surface area contributed by atoms with Gasteiger partial charge in [-0.2, -0.15) is 0 Å². The molecule has 6 nitrogen and oxygen atoms in total. The van der Waals surface area contributed by atoms with Gasteiger partial charge in [0.15, 0.2) is 11.6 Å². The lowest BCUT2D eigenvalue weighted by Crippen LogP contribution is -2.37. The van der Waals surface area contributed by atoms with E-state index >= 15 is 0 Å². The van der Waals surface area contributed by atoms with Crippen molar-refractivity contribution in [2.45, 2.75) is 26.3 Å². The number of hydrogen-bond donors (Lipinski definition) is 2. The Labute approximate surface area is 168 Å². The van der Waals surface area contributed by atoms with Gasteiger partial charge < -0.3 is 10.6 Å². The quantitative estimate of drug-likeness (QED) is 0.252. The summed E-state index contributed by atoms with van der Waals surface area (Å²) < 4.78 is 2.03. The second-order valence-corrected chi connectivity index (χ2v) is 6.53. The Hall–Kier alpha value is -1.68. The molecular weight excluding hydrogens is 447 g/mol. The molecule has 0 aromatic carbocycles. The molecule has 134 valence electrons. The number of aromatic nitrogens is 3. The van der Waals surface area contributed by atoms with E-state index in [1.54, 1.807) is 18.4 Å². The molecule has 0 aliphatic carbocycles. The molecule has 0 bridgehead atoms. The number of guanidine groups is 1. The maximum absolute atomic E-state index is 4.27. The van der Waals surface area contributed by atoms with Crippen LogP contribution in [0.5, 0.6) is 0 Å². The number of nitrogens with one attached hydrogen (secondary N) is 2. The topological polar surface area (TPSA) is 66.6 Å². The van der Waals surface area contributed by atoms with Gasteiger partial charge in [0.1, 0.15) is 5.82 Å². The molecule has 3 aromatic heterocycles. The van der Waals surface area contributed by atoms with Crippen LogP contribution in [0.25, 0.3) is 5.65 Å². The highest BCUT2D eigenvalue weighted by molar-refractivity contribution is 14.0. The van der Waals surface area contributed by atoms with Crippen molar-refractivity contribution in [3.8, 4) is 0 Å². The Bertz CT molecular complexity index is 825. The van der Waals surface area contributed by atoms with Crippen LogP contribution in [0.2, 0.25) is 0 Å². The van der Waals surface area contributed by atoms with Crippen molar-refractivity contribution in [2.24, 2.45) is 4.99 Å². The highest BCUT2D eigenvalue weighted by Gasteiger charge is 2.05. The lowest BCUT2D eigenvalue weighted by Gasteiger charge is -2.11. The fraction of sp³-hybridized carbons (Fsp3) is 0.353. The minimum absolute atomic E-state index is 0. The monoisotopic (exact) mass is 470 g/mol. The fourth-order valence-electron chi connectivity index (χ4n) is 2.48. The van der Waals surface area contributed by atoms with Crippen LogP contribution in [-0.4, -0.2) is 34.2 Å². The zero-order chi connectivity index (χ0) is 16.8. The summed E-state index contributed by atoms with van der Waals surface area (Å²) in [6, 6.07) is 8.07. The van der Waals surface area contributed by atoms with Gasteiger partial charge in [0.25, 0.3) is 0 Å². The summed E-state index contributed by atoms with van der Waals surface area (Å²) in [4.78, 5) is 5.61. The van der Waals surface area contributed by atoms with Crippen molar-refractivity contribution in [3.05, 3.63) is 52.1 Å². The van der Waals surface area contributed by atoms with Crippen LogP contribution < -0.4 is 10.6 Å². The van der Waals surface area contributed by atoms with Crippen LogP contribution in [0.1, 0.15) is 22.7 Å². The predicted octanol–water partition coefficient (Wildman–Crippen LogP) is 3.02. The summed E-state index contributed by atoms with van der Waals surface area (Å²) in [6.45, 7) is 3.77. The number of fused-ring (bicyclic) bond motifs is 1. The van der Waals surface area contributed by atoms with E-state index in [0.29, 0.717) is 0 Å². The average molecular weight is 470 g/mol. The van der Waals surface area contributed by atoms with Gasteiger partial charge >= 0.3 is 0 Å². The van der Waals surface area contributed by atoms with Gasteiger partial charge in [-0.3, -0.25) is 9.39 Å². The van der Waals surface area contributed by atoms with Crippen molar-refractivity contribution >= 4 is 46.9 Å². The predicted molar refractivity (Wildman–Crippen MR) is 114 cm³/mol. The largest absolute Gasteiger partial charge is 0.356 e. The van der Waals surface area contributed by atoms with Gasteiger partial charge in [-0.25, -0.2) is 0 Å². The van der Waals surface area contributed by atoms with E-state index in [2.05, 4.69) is 44.2 Å². The minimum Gasteiger partial charge on any atom is -0.356 e. The molecule has 0 amide bonds. The van der Waals surface area contributed by atoms with Crippen molar-refractivity contribution in [1.82, 2.24) is 25.2 Å². The summed E-state index contributed by atoms with van der Waals surface area (Å²) >= 11 is 1.77. The number of hydrogen-bond acceptors (Lipinski definition) is 4. The summed E-state index contributed by atoms with van der Waals surface area (Å²) in [5.74, 6) is 1.82. The smallest absolute Gasteiger partial charge is 0.191 e. The lowest BCUT2D eigenvalue weighted by atomic mass is 10.3. The molecule has 0 saturated heterocycles. The van der Waals surface area contributed by atoms with E-state index in [4.69, 9.17) is 0 Å². The lowest BCUT2D eigenvalue weighted by molar-refractivity contribution is 0.715. The minimum atomic E-state index is 0. The van der Waals surface area contributed by atoms with Crippen molar-refractivity contribution in [3.63, 3.8) is 0 Å². The first-order chi connectivity index (χ1) is 11.8. The first-order valence-electron chi connectivity index (χ1n) is 8.04. The molecule has 3 rings (SSSR count). The summed E-state index contributed by atoms with van der Waals surface area (Å²) in [6.07, 6.45) is 3.84.